The fraction of sp³-hybridized carbons (Fsp3) is 0.480. The average Bonchev–Trinajstić information content (AvgIpc) is 2.83. The Hall–Kier alpha value is -2.22. The first-order chi connectivity index (χ1) is 15.4. The maximum absolute atomic E-state index is 13.3. The minimum Gasteiger partial charge on any atom is -0.355 e. The molecule has 0 radical (unpaired) electrons. The lowest BCUT2D eigenvalue weighted by Crippen LogP contribution is -2.43. The Balaban J connectivity index is 1.67. The second-order valence-corrected chi connectivity index (χ2v) is 10.8. The van der Waals surface area contributed by atoms with E-state index in [-0.39, 0.29) is 29.8 Å². The van der Waals surface area contributed by atoms with Gasteiger partial charge in [-0.1, -0.05) is 55.5 Å². The van der Waals surface area contributed by atoms with E-state index in [0.717, 1.165) is 37.8 Å². The summed E-state index contributed by atoms with van der Waals surface area (Å²) >= 11 is 0. The molecule has 0 bridgehead atoms. The standard InChI is InChI=1S/C25H35N3O3S/c1-20(23-8-4-2-5-9-23)18-28(32(30,31)24-10-6-3-7-11-24)19-25(29)27-17-22-14-12-21(16-26)13-15-22/h2-11,20-22H,12-19,26H2,1H3,(H,27,29). The van der Waals surface area contributed by atoms with Crippen molar-refractivity contribution in [2.45, 2.75) is 43.4 Å². The molecular weight excluding hydrogens is 422 g/mol. The predicted molar refractivity (Wildman–Crippen MR) is 128 cm³/mol. The largest absolute Gasteiger partial charge is 0.355 e. The molecule has 1 aliphatic rings. The van der Waals surface area contributed by atoms with E-state index in [4.69, 9.17) is 5.73 Å². The van der Waals surface area contributed by atoms with E-state index in [0.29, 0.717) is 18.4 Å². The van der Waals surface area contributed by atoms with Gasteiger partial charge in [-0.25, -0.2) is 8.42 Å². The zero-order valence-electron chi connectivity index (χ0n) is 18.8. The lowest BCUT2D eigenvalue weighted by Gasteiger charge is -2.28. The molecule has 32 heavy (non-hydrogen) atoms. The topological polar surface area (TPSA) is 92.5 Å². The molecular formula is C25H35N3O3S. The zero-order valence-corrected chi connectivity index (χ0v) is 19.6. The minimum atomic E-state index is -3.79. The van der Waals surface area contributed by atoms with E-state index in [1.807, 2.05) is 37.3 Å². The molecule has 2 aromatic carbocycles. The van der Waals surface area contributed by atoms with Crippen LogP contribution in [-0.4, -0.2) is 44.8 Å². The monoisotopic (exact) mass is 457 g/mol. The van der Waals surface area contributed by atoms with Crippen LogP contribution in [0.2, 0.25) is 0 Å². The van der Waals surface area contributed by atoms with Crippen LogP contribution >= 0.6 is 0 Å². The fourth-order valence-electron chi connectivity index (χ4n) is 4.33. The Labute approximate surface area is 192 Å². The molecule has 0 heterocycles. The summed E-state index contributed by atoms with van der Waals surface area (Å²) in [5.41, 5.74) is 6.80. The third-order valence-corrected chi connectivity index (χ3v) is 8.26. The average molecular weight is 458 g/mol. The maximum atomic E-state index is 13.3. The van der Waals surface area contributed by atoms with Crippen LogP contribution in [0.15, 0.2) is 65.6 Å². The van der Waals surface area contributed by atoms with Crippen molar-refractivity contribution in [3.63, 3.8) is 0 Å². The lowest BCUT2D eigenvalue weighted by molar-refractivity contribution is -0.121. The molecule has 3 N–H and O–H groups in total. The molecule has 1 aliphatic carbocycles. The van der Waals surface area contributed by atoms with Crippen molar-refractivity contribution in [3.8, 4) is 0 Å². The summed E-state index contributed by atoms with van der Waals surface area (Å²) in [6.07, 6.45) is 4.30. The molecule has 1 amide bonds. The van der Waals surface area contributed by atoms with Crippen molar-refractivity contribution in [2.24, 2.45) is 17.6 Å². The van der Waals surface area contributed by atoms with E-state index in [1.54, 1.807) is 30.3 Å². The highest BCUT2D eigenvalue weighted by Gasteiger charge is 2.29. The molecule has 1 saturated carbocycles. The highest BCUT2D eigenvalue weighted by atomic mass is 32.2. The van der Waals surface area contributed by atoms with Crippen LogP contribution in [0.4, 0.5) is 0 Å². The number of hydrogen-bond donors (Lipinski definition) is 2. The van der Waals surface area contributed by atoms with Gasteiger partial charge in [0.05, 0.1) is 11.4 Å². The number of sulfonamides is 1. The Morgan fingerprint density at radius 3 is 2.16 bits per heavy atom. The number of benzene rings is 2. The first-order valence-electron chi connectivity index (χ1n) is 11.5. The fourth-order valence-corrected chi connectivity index (χ4v) is 5.83. The normalized spacial score (nSPS) is 20.1. The van der Waals surface area contributed by atoms with Gasteiger partial charge in [0.1, 0.15) is 0 Å². The molecule has 1 fully saturated rings. The molecule has 0 aromatic heterocycles. The SMILES string of the molecule is CC(CN(CC(=O)NCC1CCC(CN)CC1)S(=O)(=O)c1ccccc1)c1ccccc1. The number of nitrogens with zero attached hydrogens (tertiary/aromatic N) is 1. The van der Waals surface area contributed by atoms with Gasteiger partial charge in [0.25, 0.3) is 0 Å². The smallest absolute Gasteiger partial charge is 0.243 e. The number of rotatable bonds is 10. The van der Waals surface area contributed by atoms with Crippen LogP contribution in [0, 0.1) is 11.8 Å². The lowest BCUT2D eigenvalue weighted by atomic mass is 9.82. The van der Waals surface area contributed by atoms with Crippen LogP contribution in [0.3, 0.4) is 0 Å². The molecule has 0 saturated heterocycles. The van der Waals surface area contributed by atoms with Crippen molar-refractivity contribution in [1.82, 2.24) is 9.62 Å². The van der Waals surface area contributed by atoms with Crippen molar-refractivity contribution in [3.05, 3.63) is 66.2 Å². The summed E-state index contributed by atoms with van der Waals surface area (Å²) in [6, 6.07) is 18.1. The van der Waals surface area contributed by atoms with Crippen molar-refractivity contribution < 1.29 is 13.2 Å². The number of carbonyl (C=O) groups excluding carboxylic acids is 1. The summed E-state index contributed by atoms with van der Waals surface area (Å²) in [6.45, 7) is 3.34. The molecule has 7 heteroatoms. The Morgan fingerprint density at radius 2 is 1.56 bits per heavy atom. The van der Waals surface area contributed by atoms with Crippen LogP contribution in [0.1, 0.15) is 44.1 Å². The molecule has 0 spiro atoms. The van der Waals surface area contributed by atoms with E-state index in [9.17, 15) is 13.2 Å². The number of hydrogen-bond acceptors (Lipinski definition) is 4. The number of nitrogens with one attached hydrogen (secondary N) is 1. The summed E-state index contributed by atoms with van der Waals surface area (Å²) in [5, 5.41) is 2.98. The highest BCUT2D eigenvalue weighted by Crippen LogP contribution is 2.27. The van der Waals surface area contributed by atoms with E-state index in [1.165, 1.54) is 4.31 Å². The quantitative estimate of drug-likeness (QED) is 0.572. The van der Waals surface area contributed by atoms with Crippen molar-refractivity contribution >= 4 is 15.9 Å². The Kier molecular flexibility index (Phi) is 8.84. The van der Waals surface area contributed by atoms with E-state index in [2.05, 4.69) is 5.32 Å². The van der Waals surface area contributed by atoms with Gasteiger partial charge in [0.15, 0.2) is 0 Å². The molecule has 6 nitrogen and oxygen atoms in total. The number of nitrogens with two attached hydrogens (primary N) is 1. The van der Waals surface area contributed by atoms with Crippen molar-refractivity contribution in [2.75, 3.05) is 26.2 Å². The third-order valence-electron chi connectivity index (χ3n) is 6.43. The molecule has 2 aromatic rings. The third kappa shape index (κ3) is 6.64. The van der Waals surface area contributed by atoms with Gasteiger partial charge in [-0.05, 0) is 67.7 Å². The van der Waals surface area contributed by atoms with Crippen LogP contribution in [0.25, 0.3) is 0 Å². The second kappa shape index (κ2) is 11.6. The van der Waals surface area contributed by atoms with Gasteiger partial charge in [0, 0.05) is 13.1 Å². The van der Waals surface area contributed by atoms with Crippen molar-refractivity contribution in [1.29, 1.82) is 0 Å². The van der Waals surface area contributed by atoms with Gasteiger partial charge < -0.3 is 11.1 Å². The molecule has 1 unspecified atom stereocenters. The van der Waals surface area contributed by atoms with E-state index < -0.39 is 10.0 Å². The summed E-state index contributed by atoms with van der Waals surface area (Å²) in [7, 11) is -3.79. The summed E-state index contributed by atoms with van der Waals surface area (Å²) in [4.78, 5) is 13.0. The van der Waals surface area contributed by atoms with Gasteiger partial charge in [-0.2, -0.15) is 4.31 Å². The molecule has 0 aliphatic heterocycles. The zero-order chi connectivity index (χ0) is 23.0. The van der Waals surface area contributed by atoms with Gasteiger partial charge in [0.2, 0.25) is 15.9 Å². The van der Waals surface area contributed by atoms with Crippen LogP contribution < -0.4 is 11.1 Å². The summed E-state index contributed by atoms with van der Waals surface area (Å²) < 4.78 is 28.0. The van der Waals surface area contributed by atoms with Gasteiger partial charge in [-0.3, -0.25) is 4.79 Å². The molecule has 3 rings (SSSR count). The van der Waals surface area contributed by atoms with Crippen LogP contribution in [0.5, 0.6) is 0 Å². The number of carbonyl (C=O) groups is 1. The van der Waals surface area contributed by atoms with E-state index >= 15 is 0 Å². The van der Waals surface area contributed by atoms with Gasteiger partial charge in [-0.15, -0.1) is 0 Å². The summed E-state index contributed by atoms with van der Waals surface area (Å²) in [5.74, 6) is 0.719. The second-order valence-electron chi connectivity index (χ2n) is 8.85. The Morgan fingerprint density at radius 1 is 1.00 bits per heavy atom. The molecule has 174 valence electrons. The first-order valence-corrected chi connectivity index (χ1v) is 12.9. The number of amides is 1. The molecule has 1 atom stereocenters. The van der Waals surface area contributed by atoms with Crippen LogP contribution in [-0.2, 0) is 14.8 Å². The predicted octanol–water partition coefficient (Wildman–Crippen LogP) is 3.36. The first kappa shape index (κ1) is 24.4. The van der Waals surface area contributed by atoms with Gasteiger partial charge >= 0.3 is 0 Å². The highest BCUT2D eigenvalue weighted by molar-refractivity contribution is 7.89. The maximum Gasteiger partial charge on any atom is 0.243 e. The minimum absolute atomic E-state index is 0.0472. The Bertz CT molecular complexity index is 943.